The van der Waals surface area contributed by atoms with Crippen molar-refractivity contribution in [2.45, 2.75) is 50.5 Å². The van der Waals surface area contributed by atoms with E-state index in [4.69, 9.17) is 0 Å². The smallest absolute Gasteiger partial charge is 0.254 e. The summed E-state index contributed by atoms with van der Waals surface area (Å²) >= 11 is 0. The SMILES string of the molecule is CCN(C#N)C(=O)C(Cc1ccc(O)cc1)NS(=O)(=O)c1ccc(C(C)(C)C)cc1. The average Bonchev–Trinajstić information content (AvgIpc) is 2.69. The molecule has 2 aromatic carbocycles. The molecule has 160 valence electrons. The lowest BCUT2D eigenvalue weighted by molar-refractivity contribution is -0.129. The number of benzene rings is 2. The zero-order valence-electron chi connectivity index (χ0n) is 17.6. The van der Waals surface area contributed by atoms with Crippen LogP contribution < -0.4 is 4.72 Å². The molecule has 8 heteroatoms. The van der Waals surface area contributed by atoms with Crippen LogP contribution in [0.15, 0.2) is 53.4 Å². The molecule has 1 amide bonds. The number of amides is 1. The average molecular weight is 430 g/mol. The van der Waals surface area contributed by atoms with E-state index in [1.165, 1.54) is 24.3 Å². The Morgan fingerprint density at radius 1 is 1.13 bits per heavy atom. The number of rotatable bonds is 7. The molecule has 2 aromatic rings. The predicted molar refractivity (Wildman–Crippen MR) is 114 cm³/mol. The largest absolute Gasteiger partial charge is 0.508 e. The van der Waals surface area contributed by atoms with Gasteiger partial charge in [-0.1, -0.05) is 45.0 Å². The number of hydrogen-bond acceptors (Lipinski definition) is 5. The van der Waals surface area contributed by atoms with Crippen LogP contribution in [0.25, 0.3) is 0 Å². The minimum absolute atomic E-state index is 0.0383. The van der Waals surface area contributed by atoms with Gasteiger partial charge in [-0.2, -0.15) is 9.98 Å². The summed E-state index contributed by atoms with van der Waals surface area (Å²) in [5.74, 6) is -0.573. The van der Waals surface area contributed by atoms with Gasteiger partial charge in [-0.3, -0.25) is 4.79 Å². The molecule has 2 rings (SSSR count). The van der Waals surface area contributed by atoms with Crippen LogP contribution in [0.5, 0.6) is 5.75 Å². The standard InChI is InChI=1S/C22H27N3O4S/c1-5-25(15-23)21(27)20(14-16-6-10-18(26)11-7-16)24-30(28,29)19-12-8-17(9-13-19)22(2,3)4/h6-13,20,24,26H,5,14H2,1-4H3. The molecule has 0 aliphatic carbocycles. The molecular weight excluding hydrogens is 402 g/mol. The quantitative estimate of drug-likeness (QED) is 0.519. The number of aromatic hydroxyl groups is 1. The Kier molecular flexibility index (Phi) is 7.24. The Labute approximate surface area is 178 Å². The molecule has 7 nitrogen and oxygen atoms in total. The summed E-state index contributed by atoms with van der Waals surface area (Å²) in [6, 6.07) is 11.5. The molecule has 0 heterocycles. The number of sulfonamides is 1. The third-order valence-electron chi connectivity index (χ3n) is 4.71. The number of carbonyl (C=O) groups is 1. The number of nitrogens with one attached hydrogen (secondary N) is 1. The van der Waals surface area contributed by atoms with E-state index in [2.05, 4.69) is 4.72 Å². The lowest BCUT2D eigenvalue weighted by atomic mass is 9.87. The molecule has 0 aliphatic heterocycles. The number of phenolic OH excluding ortho intramolecular Hbond substituents is 1. The summed E-state index contributed by atoms with van der Waals surface area (Å²) in [6.07, 6.45) is 1.82. The molecule has 0 radical (unpaired) electrons. The Balaban J connectivity index is 2.34. The van der Waals surface area contributed by atoms with Crippen LogP contribution in [-0.2, 0) is 26.7 Å². The van der Waals surface area contributed by atoms with Crippen molar-refractivity contribution < 1.29 is 18.3 Å². The number of phenols is 1. The van der Waals surface area contributed by atoms with Crippen molar-refractivity contribution in [2.24, 2.45) is 0 Å². The van der Waals surface area contributed by atoms with Crippen LogP contribution in [0.1, 0.15) is 38.8 Å². The summed E-state index contributed by atoms with van der Waals surface area (Å²) < 4.78 is 28.3. The maximum absolute atomic E-state index is 12.9. The van der Waals surface area contributed by atoms with Gasteiger partial charge in [-0.05, 0) is 54.2 Å². The summed E-state index contributed by atoms with van der Waals surface area (Å²) in [5, 5.41) is 18.7. The summed E-state index contributed by atoms with van der Waals surface area (Å²) in [7, 11) is -4.00. The van der Waals surface area contributed by atoms with E-state index in [9.17, 15) is 23.6 Å². The maximum Gasteiger partial charge on any atom is 0.254 e. The summed E-state index contributed by atoms with van der Waals surface area (Å²) in [5.41, 5.74) is 1.51. The second-order valence-electron chi connectivity index (χ2n) is 8.00. The van der Waals surface area contributed by atoms with E-state index >= 15 is 0 Å². The molecule has 30 heavy (non-hydrogen) atoms. The Bertz CT molecular complexity index is 1020. The fraction of sp³-hybridized carbons (Fsp3) is 0.364. The van der Waals surface area contributed by atoms with Gasteiger partial charge < -0.3 is 5.11 Å². The zero-order chi connectivity index (χ0) is 22.5. The number of hydrogen-bond donors (Lipinski definition) is 2. The summed E-state index contributed by atoms with van der Waals surface area (Å²) in [6.45, 7) is 7.86. The minimum Gasteiger partial charge on any atom is -0.508 e. The number of nitriles is 1. The highest BCUT2D eigenvalue weighted by atomic mass is 32.2. The topological polar surface area (TPSA) is 110 Å². The van der Waals surface area contributed by atoms with Gasteiger partial charge in [-0.15, -0.1) is 0 Å². The fourth-order valence-electron chi connectivity index (χ4n) is 2.90. The zero-order valence-corrected chi connectivity index (χ0v) is 18.4. The van der Waals surface area contributed by atoms with E-state index < -0.39 is 22.0 Å². The van der Waals surface area contributed by atoms with E-state index in [-0.39, 0.29) is 29.0 Å². The molecule has 0 saturated carbocycles. The van der Waals surface area contributed by atoms with Crippen molar-refractivity contribution in [3.05, 3.63) is 59.7 Å². The van der Waals surface area contributed by atoms with Gasteiger partial charge in [0.05, 0.1) is 4.90 Å². The van der Waals surface area contributed by atoms with Crippen LogP contribution in [-0.4, -0.2) is 36.9 Å². The third kappa shape index (κ3) is 5.81. The highest BCUT2D eigenvalue weighted by Gasteiger charge is 2.29. The third-order valence-corrected chi connectivity index (χ3v) is 6.19. The first-order valence-electron chi connectivity index (χ1n) is 9.60. The van der Waals surface area contributed by atoms with Crippen LogP contribution in [0, 0.1) is 11.5 Å². The lowest BCUT2D eigenvalue weighted by Crippen LogP contribution is -2.48. The van der Waals surface area contributed by atoms with Gasteiger partial charge in [0.1, 0.15) is 11.8 Å². The molecular formula is C22H27N3O4S. The van der Waals surface area contributed by atoms with E-state index in [0.717, 1.165) is 10.5 Å². The Morgan fingerprint density at radius 3 is 2.17 bits per heavy atom. The Morgan fingerprint density at radius 2 is 1.70 bits per heavy atom. The fourth-order valence-corrected chi connectivity index (χ4v) is 4.09. The van der Waals surface area contributed by atoms with Gasteiger partial charge in [0.2, 0.25) is 10.0 Å². The number of nitrogens with zero attached hydrogens (tertiary/aromatic N) is 2. The molecule has 0 saturated heterocycles. The second kappa shape index (κ2) is 9.28. The molecule has 0 bridgehead atoms. The van der Waals surface area contributed by atoms with Crippen LogP contribution >= 0.6 is 0 Å². The molecule has 0 aromatic heterocycles. The van der Waals surface area contributed by atoms with Crippen LogP contribution in [0.3, 0.4) is 0 Å². The van der Waals surface area contributed by atoms with Crippen molar-refractivity contribution in [3.63, 3.8) is 0 Å². The van der Waals surface area contributed by atoms with E-state index in [1.54, 1.807) is 37.4 Å². The van der Waals surface area contributed by atoms with Crippen molar-refractivity contribution >= 4 is 15.9 Å². The first-order valence-corrected chi connectivity index (χ1v) is 11.1. The lowest BCUT2D eigenvalue weighted by Gasteiger charge is -2.22. The van der Waals surface area contributed by atoms with Gasteiger partial charge in [0, 0.05) is 6.54 Å². The first kappa shape index (κ1) is 23.4. The molecule has 2 N–H and O–H groups in total. The van der Waals surface area contributed by atoms with Gasteiger partial charge in [0.15, 0.2) is 6.19 Å². The van der Waals surface area contributed by atoms with Gasteiger partial charge in [-0.25, -0.2) is 13.3 Å². The molecule has 1 atom stereocenters. The highest BCUT2D eigenvalue weighted by Crippen LogP contribution is 2.23. The minimum atomic E-state index is -4.00. The monoisotopic (exact) mass is 429 g/mol. The van der Waals surface area contributed by atoms with E-state index in [0.29, 0.717) is 5.56 Å². The summed E-state index contributed by atoms with van der Waals surface area (Å²) in [4.78, 5) is 13.8. The van der Waals surface area contributed by atoms with Crippen molar-refractivity contribution in [3.8, 4) is 11.9 Å². The van der Waals surface area contributed by atoms with Crippen molar-refractivity contribution in [2.75, 3.05) is 6.54 Å². The highest BCUT2D eigenvalue weighted by molar-refractivity contribution is 7.89. The molecule has 1 unspecified atom stereocenters. The van der Waals surface area contributed by atoms with E-state index in [1.807, 2.05) is 20.8 Å². The first-order chi connectivity index (χ1) is 14.0. The number of carbonyl (C=O) groups excluding carboxylic acids is 1. The van der Waals surface area contributed by atoms with Crippen LogP contribution in [0.2, 0.25) is 0 Å². The van der Waals surface area contributed by atoms with Gasteiger partial charge >= 0.3 is 0 Å². The van der Waals surface area contributed by atoms with Crippen molar-refractivity contribution in [1.29, 1.82) is 5.26 Å². The van der Waals surface area contributed by atoms with Crippen LogP contribution in [0.4, 0.5) is 0 Å². The van der Waals surface area contributed by atoms with Gasteiger partial charge in [0.25, 0.3) is 5.91 Å². The predicted octanol–water partition coefficient (Wildman–Crippen LogP) is 2.91. The molecule has 0 spiro atoms. The Hall–Kier alpha value is -2.89. The van der Waals surface area contributed by atoms with Crippen molar-refractivity contribution in [1.82, 2.24) is 9.62 Å². The second-order valence-corrected chi connectivity index (χ2v) is 9.72. The number of likely N-dealkylation sites (N-methyl/N-ethyl adjacent to an activating group) is 1. The molecule has 0 fully saturated rings. The molecule has 0 aliphatic rings. The normalized spacial score (nSPS) is 12.8. The maximum atomic E-state index is 12.9.